The predicted octanol–water partition coefficient (Wildman–Crippen LogP) is 2.14. The summed E-state index contributed by atoms with van der Waals surface area (Å²) in [4.78, 5) is 11.7. The molecular formula is C11H15BrF3N3O2. The molecule has 0 amide bonds. The maximum atomic E-state index is 12.2. The molecular weight excluding hydrogens is 343 g/mol. The number of aliphatic hydroxyl groups is 1. The third kappa shape index (κ3) is 5.49. The van der Waals surface area contributed by atoms with Crippen LogP contribution in [0.1, 0.15) is 19.3 Å². The molecule has 0 atom stereocenters. The molecule has 0 fully saturated rings. The van der Waals surface area contributed by atoms with Crippen LogP contribution in [0, 0.1) is 0 Å². The van der Waals surface area contributed by atoms with E-state index >= 15 is 0 Å². The molecule has 0 unspecified atom stereocenters. The Morgan fingerprint density at radius 3 is 2.65 bits per heavy atom. The SMILES string of the molecule is O=c1c(Br)c(NCCCCCO)cnn1CC(F)(F)F. The van der Waals surface area contributed by atoms with E-state index in [0.29, 0.717) is 23.3 Å². The zero-order chi connectivity index (χ0) is 15.2. The molecule has 114 valence electrons. The molecule has 5 nitrogen and oxygen atoms in total. The smallest absolute Gasteiger partial charge is 0.396 e. The molecule has 1 aromatic rings. The number of nitrogens with one attached hydrogen (secondary N) is 1. The minimum Gasteiger partial charge on any atom is -0.396 e. The highest BCUT2D eigenvalue weighted by Crippen LogP contribution is 2.19. The van der Waals surface area contributed by atoms with Crippen LogP contribution in [0.5, 0.6) is 0 Å². The lowest BCUT2D eigenvalue weighted by atomic mass is 10.2. The fourth-order valence-electron chi connectivity index (χ4n) is 1.51. The highest BCUT2D eigenvalue weighted by molar-refractivity contribution is 9.10. The summed E-state index contributed by atoms with van der Waals surface area (Å²) in [7, 11) is 0. The van der Waals surface area contributed by atoms with Gasteiger partial charge in [0.1, 0.15) is 11.0 Å². The number of aromatic nitrogens is 2. The topological polar surface area (TPSA) is 67.2 Å². The molecule has 9 heteroatoms. The summed E-state index contributed by atoms with van der Waals surface area (Å²) in [6.07, 6.45) is -1.02. The fourth-order valence-corrected chi connectivity index (χ4v) is 1.95. The van der Waals surface area contributed by atoms with E-state index in [1.165, 1.54) is 6.20 Å². The average Bonchev–Trinajstić information content (AvgIpc) is 2.36. The first-order chi connectivity index (χ1) is 9.35. The summed E-state index contributed by atoms with van der Waals surface area (Å²) in [5.74, 6) is 0. The van der Waals surface area contributed by atoms with Crippen molar-refractivity contribution in [3.05, 3.63) is 21.0 Å². The molecule has 0 saturated carbocycles. The second kappa shape index (κ2) is 7.63. The van der Waals surface area contributed by atoms with Crippen LogP contribution >= 0.6 is 15.9 Å². The number of alkyl halides is 3. The van der Waals surface area contributed by atoms with Gasteiger partial charge in [-0.05, 0) is 35.2 Å². The molecule has 1 aromatic heterocycles. The largest absolute Gasteiger partial charge is 0.408 e. The Balaban J connectivity index is 2.67. The van der Waals surface area contributed by atoms with E-state index in [1.807, 2.05) is 0 Å². The van der Waals surface area contributed by atoms with Crippen molar-refractivity contribution in [1.82, 2.24) is 9.78 Å². The van der Waals surface area contributed by atoms with Crippen LogP contribution < -0.4 is 10.9 Å². The van der Waals surface area contributed by atoms with Gasteiger partial charge >= 0.3 is 6.18 Å². The molecule has 0 aliphatic carbocycles. The van der Waals surface area contributed by atoms with Crippen LogP contribution in [0.25, 0.3) is 0 Å². The van der Waals surface area contributed by atoms with Crippen molar-refractivity contribution >= 4 is 21.6 Å². The summed E-state index contributed by atoms with van der Waals surface area (Å²) >= 11 is 2.98. The zero-order valence-electron chi connectivity index (χ0n) is 10.6. The van der Waals surface area contributed by atoms with Gasteiger partial charge in [-0.15, -0.1) is 0 Å². The lowest BCUT2D eigenvalue weighted by Crippen LogP contribution is -2.31. The van der Waals surface area contributed by atoms with Crippen molar-refractivity contribution in [2.45, 2.75) is 32.0 Å². The second-order valence-corrected chi connectivity index (χ2v) is 4.95. The maximum Gasteiger partial charge on any atom is 0.408 e. The predicted molar refractivity (Wildman–Crippen MR) is 71.7 cm³/mol. The van der Waals surface area contributed by atoms with E-state index in [1.54, 1.807) is 0 Å². The summed E-state index contributed by atoms with van der Waals surface area (Å²) < 4.78 is 37.1. The van der Waals surface area contributed by atoms with Crippen LogP contribution in [-0.4, -0.2) is 34.2 Å². The summed E-state index contributed by atoms with van der Waals surface area (Å²) in [5, 5.41) is 15.0. The van der Waals surface area contributed by atoms with E-state index in [-0.39, 0.29) is 11.1 Å². The van der Waals surface area contributed by atoms with Gasteiger partial charge < -0.3 is 10.4 Å². The summed E-state index contributed by atoms with van der Waals surface area (Å²) in [6.45, 7) is -0.747. The highest BCUT2D eigenvalue weighted by atomic mass is 79.9. The Bertz CT molecular complexity index is 491. The Morgan fingerprint density at radius 1 is 1.35 bits per heavy atom. The minimum absolute atomic E-state index is 0.0268. The molecule has 2 N–H and O–H groups in total. The third-order valence-electron chi connectivity index (χ3n) is 2.46. The standard InChI is InChI=1S/C11H15BrF3N3O2/c12-9-8(16-4-2-1-3-5-19)6-17-18(10(9)20)7-11(13,14)15/h6,16,19H,1-5,7H2. The van der Waals surface area contributed by atoms with Crippen LogP contribution in [0.4, 0.5) is 18.9 Å². The van der Waals surface area contributed by atoms with Gasteiger partial charge in [0, 0.05) is 13.2 Å². The van der Waals surface area contributed by atoms with Crippen LogP contribution in [0.15, 0.2) is 15.5 Å². The van der Waals surface area contributed by atoms with E-state index in [0.717, 1.165) is 12.8 Å². The molecule has 0 bridgehead atoms. The molecule has 0 aromatic carbocycles. The first-order valence-electron chi connectivity index (χ1n) is 6.02. The van der Waals surface area contributed by atoms with Crippen LogP contribution in [-0.2, 0) is 6.54 Å². The van der Waals surface area contributed by atoms with Gasteiger partial charge in [-0.1, -0.05) is 0 Å². The summed E-state index contributed by atoms with van der Waals surface area (Å²) in [5.41, 5.74) is -0.472. The lowest BCUT2D eigenvalue weighted by molar-refractivity contribution is -0.143. The minimum atomic E-state index is -4.49. The number of nitrogens with zero attached hydrogens (tertiary/aromatic N) is 2. The van der Waals surface area contributed by atoms with E-state index in [2.05, 4.69) is 26.3 Å². The number of unbranched alkanes of at least 4 members (excludes halogenated alkanes) is 2. The third-order valence-corrected chi connectivity index (χ3v) is 3.23. The van der Waals surface area contributed by atoms with E-state index < -0.39 is 18.3 Å². The van der Waals surface area contributed by atoms with E-state index in [4.69, 9.17) is 5.11 Å². The quantitative estimate of drug-likeness (QED) is 0.733. The lowest BCUT2D eigenvalue weighted by Gasteiger charge is -2.11. The molecule has 0 saturated heterocycles. The normalized spacial score (nSPS) is 11.7. The van der Waals surface area contributed by atoms with Gasteiger partial charge in [0.25, 0.3) is 5.56 Å². The Labute approximate surface area is 121 Å². The van der Waals surface area contributed by atoms with Gasteiger partial charge in [0.2, 0.25) is 0 Å². The molecule has 0 radical (unpaired) electrons. The van der Waals surface area contributed by atoms with Crippen molar-refractivity contribution in [2.75, 3.05) is 18.5 Å². The maximum absolute atomic E-state index is 12.2. The number of hydrogen-bond acceptors (Lipinski definition) is 4. The monoisotopic (exact) mass is 357 g/mol. The van der Waals surface area contributed by atoms with Gasteiger partial charge in [0.05, 0.1) is 11.9 Å². The van der Waals surface area contributed by atoms with Crippen molar-refractivity contribution in [3.63, 3.8) is 0 Å². The number of rotatable bonds is 7. The molecule has 1 heterocycles. The molecule has 0 aliphatic heterocycles. The van der Waals surface area contributed by atoms with Gasteiger partial charge in [-0.3, -0.25) is 4.79 Å². The van der Waals surface area contributed by atoms with Gasteiger partial charge in [0.15, 0.2) is 0 Å². The molecule has 0 aliphatic rings. The molecule has 0 spiro atoms. The number of anilines is 1. The zero-order valence-corrected chi connectivity index (χ0v) is 12.2. The first kappa shape index (κ1) is 17.0. The number of aliphatic hydroxyl groups excluding tert-OH is 1. The van der Waals surface area contributed by atoms with Crippen molar-refractivity contribution < 1.29 is 18.3 Å². The average molecular weight is 358 g/mol. The van der Waals surface area contributed by atoms with Crippen molar-refractivity contribution in [3.8, 4) is 0 Å². The summed E-state index contributed by atoms with van der Waals surface area (Å²) in [6, 6.07) is 0. The first-order valence-corrected chi connectivity index (χ1v) is 6.81. The van der Waals surface area contributed by atoms with E-state index in [9.17, 15) is 18.0 Å². The molecule has 1 rings (SSSR count). The van der Waals surface area contributed by atoms with Crippen molar-refractivity contribution in [1.29, 1.82) is 0 Å². The van der Waals surface area contributed by atoms with Crippen LogP contribution in [0.2, 0.25) is 0 Å². The number of hydrogen-bond donors (Lipinski definition) is 2. The highest BCUT2D eigenvalue weighted by Gasteiger charge is 2.29. The Kier molecular flexibility index (Phi) is 6.47. The molecule has 20 heavy (non-hydrogen) atoms. The van der Waals surface area contributed by atoms with Gasteiger partial charge in [-0.25, -0.2) is 4.68 Å². The van der Waals surface area contributed by atoms with Crippen molar-refractivity contribution in [2.24, 2.45) is 0 Å². The van der Waals surface area contributed by atoms with Gasteiger partial charge in [-0.2, -0.15) is 18.3 Å². The Morgan fingerprint density at radius 2 is 2.05 bits per heavy atom. The second-order valence-electron chi connectivity index (χ2n) is 4.16. The number of halogens is 4. The fraction of sp³-hybridized carbons (Fsp3) is 0.636. The Hall–Kier alpha value is -1.09. The van der Waals surface area contributed by atoms with Crippen LogP contribution in [0.3, 0.4) is 0 Å².